The molecule has 1 aliphatic carbocycles. The minimum Gasteiger partial charge on any atom is -0.497 e. The molecule has 36 heavy (non-hydrogen) atoms. The number of carbonyl (C=O) groups is 2. The zero-order chi connectivity index (χ0) is 26.1. The first-order chi connectivity index (χ1) is 17.4. The number of methoxy groups -OCH3 is 2. The van der Waals surface area contributed by atoms with Gasteiger partial charge in [0, 0.05) is 24.7 Å². The molecule has 1 saturated carbocycles. The van der Waals surface area contributed by atoms with Gasteiger partial charge < -0.3 is 24.4 Å². The molecule has 0 heterocycles. The van der Waals surface area contributed by atoms with Crippen LogP contribution in [0.3, 0.4) is 0 Å². The molecule has 2 aromatic carbocycles. The summed E-state index contributed by atoms with van der Waals surface area (Å²) in [6.45, 7) is 1.71. The van der Waals surface area contributed by atoms with Crippen LogP contribution in [0.5, 0.6) is 17.2 Å². The summed E-state index contributed by atoms with van der Waals surface area (Å²) in [6.07, 6.45) is 4.48. The van der Waals surface area contributed by atoms with Crippen molar-refractivity contribution in [1.29, 1.82) is 0 Å². The average molecular weight is 500 g/mol. The van der Waals surface area contributed by atoms with E-state index < -0.39 is 11.0 Å². The summed E-state index contributed by atoms with van der Waals surface area (Å²) in [5, 5.41) is 14.2. The Bertz CT molecular complexity index is 1070. The highest BCUT2D eigenvalue weighted by atomic mass is 16.6. The Morgan fingerprint density at radius 3 is 2.50 bits per heavy atom. The Labute approximate surface area is 210 Å². The fraction of sp³-hybridized carbons (Fsp3) is 0.462. The standard InChI is InChI=1S/C26H33N3O7/c1-4-22(26(31)27-19-9-5-6-10-19)28(16-18-8-7-11-20(14-18)34-2)25(30)17-36-21-12-13-23(29(32)33)24(15-21)35-3/h7-8,11-15,19,22H,4-6,9-10,16-17H2,1-3H3,(H,27,31). The highest BCUT2D eigenvalue weighted by molar-refractivity contribution is 5.88. The molecule has 1 unspecified atom stereocenters. The summed E-state index contributed by atoms with van der Waals surface area (Å²) in [6, 6.07) is 10.8. The van der Waals surface area contributed by atoms with Crippen molar-refractivity contribution >= 4 is 17.5 Å². The van der Waals surface area contributed by atoms with Gasteiger partial charge in [0.1, 0.15) is 17.5 Å². The fourth-order valence-electron chi connectivity index (χ4n) is 4.38. The van der Waals surface area contributed by atoms with E-state index in [0.29, 0.717) is 12.2 Å². The van der Waals surface area contributed by atoms with Crippen molar-refractivity contribution in [3.8, 4) is 17.2 Å². The van der Waals surface area contributed by atoms with Crippen LogP contribution in [-0.4, -0.2) is 54.5 Å². The number of amides is 2. The predicted molar refractivity (Wildman–Crippen MR) is 133 cm³/mol. The molecule has 194 valence electrons. The fourth-order valence-corrected chi connectivity index (χ4v) is 4.38. The molecular weight excluding hydrogens is 466 g/mol. The third kappa shape index (κ3) is 6.87. The summed E-state index contributed by atoms with van der Waals surface area (Å²) in [4.78, 5) is 38.7. The second-order valence-electron chi connectivity index (χ2n) is 8.67. The van der Waals surface area contributed by atoms with Gasteiger partial charge in [0.25, 0.3) is 5.91 Å². The van der Waals surface area contributed by atoms with E-state index in [1.807, 2.05) is 31.2 Å². The number of hydrogen-bond acceptors (Lipinski definition) is 7. The maximum Gasteiger partial charge on any atom is 0.311 e. The summed E-state index contributed by atoms with van der Waals surface area (Å²) in [7, 11) is 2.89. The minimum absolute atomic E-state index is 0.0283. The molecule has 10 nitrogen and oxygen atoms in total. The minimum atomic E-state index is -0.681. The number of ether oxygens (including phenoxy) is 3. The van der Waals surface area contributed by atoms with Crippen LogP contribution in [0.25, 0.3) is 0 Å². The number of nitro benzene ring substituents is 1. The lowest BCUT2D eigenvalue weighted by Gasteiger charge is -2.31. The van der Waals surface area contributed by atoms with Crippen molar-refractivity contribution in [3.05, 3.63) is 58.1 Å². The van der Waals surface area contributed by atoms with Crippen molar-refractivity contribution in [2.75, 3.05) is 20.8 Å². The van der Waals surface area contributed by atoms with Crippen molar-refractivity contribution in [2.24, 2.45) is 0 Å². The maximum atomic E-state index is 13.4. The van der Waals surface area contributed by atoms with Gasteiger partial charge in [0.2, 0.25) is 11.7 Å². The average Bonchev–Trinajstić information content (AvgIpc) is 3.39. The number of carbonyl (C=O) groups excluding carboxylic acids is 2. The number of nitro groups is 1. The first-order valence-corrected chi connectivity index (χ1v) is 12.0. The zero-order valence-corrected chi connectivity index (χ0v) is 20.9. The molecule has 2 amide bonds. The van der Waals surface area contributed by atoms with Gasteiger partial charge in [-0.1, -0.05) is 31.9 Å². The molecule has 0 bridgehead atoms. The molecule has 1 atom stereocenters. The monoisotopic (exact) mass is 499 g/mol. The molecule has 3 rings (SSSR count). The van der Waals surface area contributed by atoms with Crippen LogP contribution < -0.4 is 19.5 Å². The maximum absolute atomic E-state index is 13.4. The Hall–Kier alpha value is -3.82. The number of benzene rings is 2. The van der Waals surface area contributed by atoms with Crippen molar-refractivity contribution in [1.82, 2.24) is 10.2 Å². The highest BCUT2D eigenvalue weighted by Gasteiger charge is 2.31. The SMILES string of the molecule is CCC(C(=O)NC1CCCC1)N(Cc1cccc(OC)c1)C(=O)COc1ccc([N+](=O)[O-])c(OC)c1. The summed E-state index contributed by atoms with van der Waals surface area (Å²) < 4.78 is 16.0. The second kappa shape index (κ2) is 12.8. The lowest BCUT2D eigenvalue weighted by molar-refractivity contribution is -0.385. The summed E-state index contributed by atoms with van der Waals surface area (Å²) >= 11 is 0. The normalized spacial score (nSPS) is 14.1. The quantitative estimate of drug-likeness (QED) is 0.348. The van der Waals surface area contributed by atoms with Gasteiger partial charge >= 0.3 is 5.69 Å². The lowest BCUT2D eigenvalue weighted by atomic mass is 10.1. The predicted octanol–water partition coefficient (Wildman–Crippen LogP) is 3.86. The third-order valence-corrected chi connectivity index (χ3v) is 6.28. The van der Waals surface area contributed by atoms with E-state index in [1.54, 1.807) is 7.11 Å². The largest absolute Gasteiger partial charge is 0.497 e. The molecule has 0 radical (unpaired) electrons. The Morgan fingerprint density at radius 1 is 1.11 bits per heavy atom. The van der Waals surface area contributed by atoms with Gasteiger partial charge in [-0.25, -0.2) is 0 Å². The summed E-state index contributed by atoms with van der Waals surface area (Å²) in [5.74, 6) is 0.356. The van der Waals surface area contributed by atoms with Gasteiger partial charge in [0.05, 0.1) is 19.1 Å². The van der Waals surface area contributed by atoms with E-state index >= 15 is 0 Å². The Morgan fingerprint density at radius 2 is 1.86 bits per heavy atom. The van der Waals surface area contributed by atoms with Crippen LogP contribution >= 0.6 is 0 Å². The van der Waals surface area contributed by atoms with Gasteiger partial charge in [0.15, 0.2) is 6.61 Å². The molecule has 1 fully saturated rings. The molecule has 0 aliphatic heterocycles. The van der Waals surface area contributed by atoms with Crippen LogP contribution in [0.15, 0.2) is 42.5 Å². The van der Waals surface area contributed by atoms with E-state index in [2.05, 4.69) is 5.32 Å². The molecule has 2 aromatic rings. The van der Waals surface area contributed by atoms with Crippen molar-refractivity contribution < 1.29 is 28.7 Å². The number of hydrogen-bond donors (Lipinski definition) is 1. The number of nitrogens with zero attached hydrogens (tertiary/aromatic N) is 2. The molecule has 1 aliphatic rings. The van der Waals surface area contributed by atoms with Crippen molar-refractivity contribution in [3.63, 3.8) is 0 Å². The topological polar surface area (TPSA) is 120 Å². The van der Waals surface area contributed by atoms with E-state index in [-0.39, 0.29) is 48.2 Å². The highest BCUT2D eigenvalue weighted by Crippen LogP contribution is 2.31. The number of rotatable bonds is 12. The Balaban J connectivity index is 1.79. The molecule has 0 spiro atoms. The van der Waals surface area contributed by atoms with E-state index in [9.17, 15) is 19.7 Å². The summed E-state index contributed by atoms with van der Waals surface area (Å²) in [5.41, 5.74) is 0.609. The van der Waals surface area contributed by atoms with Crippen LogP contribution in [0, 0.1) is 10.1 Å². The van der Waals surface area contributed by atoms with E-state index in [4.69, 9.17) is 14.2 Å². The van der Waals surface area contributed by atoms with Gasteiger partial charge in [-0.2, -0.15) is 0 Å². The van der Waals surface area contributed by atoms with Crippen LogP contribution in [-0.2, 0) is 16.1 Å². The third-order valence-electron chi connectivity index (χ3n) is 6.28. The van der Waals surface area contributed by atoms with Gasteiger partial charge in [-0.05, 0) is 43.0 Å². The zero-order valence-electron chi connectivity index (χ0n) is 20.9. The van der Waals surface area contributed by atoms with Crippen molar-refractivity contribution in [2.45, 2.75) is 57.7 Å². The second-order valence-corrected chi connectivity index (χ2v) is 8.67. The van der Waals surface area contributed by atoms with E-state index in [0.717, 1.165) is 31.2 Å². The smallest absolute Gasteiger partial charge is 0.311 e. The molecule has 10 heteroatoms. The molecule has 1 N–H and O–H groups in total. The van der Waals surface area contributed by atoms with E-state index in [1.165, 1.54) is 30.2 Å². The lowest BCUT2D eigenvalue weighted by Crippen LogP contribution is -2.52. The first-order valence-electron chi connectivity index (χ1n) is 12.0. The number of nitrogens with one attached hydrogen (secondary N) is 1. The molecular formula is C26H33N3O7. The van der Waals surface area contributed by atoms with Gasteiger partial charge in [-0.3, -0.25) is 19.7 Å². The molecule has 0 saturated heterocycles. The van der Waals surface area contributed by atoms with Crippen LogP contribution in [0.4, 0.5) is 5.69 Å². The Kier molecular flexibility index (Phi) is 9.49. The van der Waals surface area contributed by atoms with Crippen LogP contribution in [0.1, 0.15) is 44.6 Å². The molecule has 0 aromatic heterocycles. The van der Waals surface area contributed by atoms with Crippen LogP contribution in [0.2, 0.25) is 0 Å². The first kappa shape index (κ1) is 26.8. The van der Waals surface area contributed by atoms with Gasteiger partial charge in [-0.15, -0.1) is 0 Å².